The summed E-state index contributed by atoms with van der Waals surface area (Å²) in [6, 6.07) is 5.23. The van der Waals surface area contributed by atoms with Crippen LogP contribution in [0.15, 0.2) is 18.2 Å². The molecule has 2 rings (SSSR count). The highest BCUT2D eigenvalue weighted by atomic mass is 19.4. The molecular formula is C14H16F3NO2. The molecule has 0 bridgehead atoms. The molecule has 0 saturated heterocycles. The van der Waals surface area contributed by atoms with Gasteiger partial charge >= 0.3 is 12.1 Å². The molecule has 3 nitrogen and oxygen atoms in total. The maximum absolute atomic E-state index is 12.7. The Bertz CT molecular complexity index is 538. The molecule has 1 aromatic rings. The second kappa shape index (κ2) is 4.68. The van der Waals surface area contributed by atoms with E-state index in [0.717, 1.165) is 16.0 Å². The lowest BCUT2D eigenvalue weighted by Gasteiger charge is -2.44. The van der Waals surface area contributed by atoms with Crippen molar-refractivity contribution in [2.45, 2.75) is 32.0 Å². The van der Waals surface area contributed by atoms with Gasteiger partial charge in [0.15, 0.2) is 0 Å². The highest BCUT2D eigenvalue weighted by molar-refractivity contribution is 5.83. The van der Waals surface area contributed by atoms with Crippen LogP contribution in [0.5, 0.6) is 5.75 Å². The molecule has 0 N–H and O–H groups in total. The molecule has 0 saturated carbocycles. The second-order valence-corrected chi connectivity index (χ2v) is 5.29. The Kier molecular flexibility index (Phi) is 3.44. The summed E-state index contributed by atoms with van der Waals surface area (Å²) in [7, 11) is 1.54. The van der Waals surface area contributed by atoms with E-state index >= 15 is 0 Å². The fraction of sp³-hybridized carbons (Fsp3) is 0.500. The van der Waals surface area contributed by atoms with Gasteiger partial charge in [-0.2, -0.15) is 13.2 Å². The predicted octanol–water partition coefficient (Wildman–Crippen LogP) is 2.88. The first-order valence-corrected chi connectivity index (χ1v) is 6.24. The lowest BCUT2D eigenvalue weighted by Crippen LogP contribution is -2.54. The van der Waals surface area contributed by atoms with Crippen molar-refractivity contribution in [1.82, 2.24) is 4.90 Å². The zero-order valence-electron chi connectivity index (χ0n) is 11.5. The standard InChI is InChI=1S/C14H16F3NO2/c1-13(2)11-5-4-10(20-3)8-9(11)6-7-18(13)12(19)14(15,16)17/h4-5,8H,6-7H2,1-3H3. The van der Waals surface area contributed by atoms with E-state index in [2.05, 4.69) is 0 Å². The van der Waals surface area contributed by atoms with Crippen molar-refractivity contribution in [2.24, 2.45) is 0 Å². The predicted molar refractivity (Wildman–Crippen MR) is 67.5 cm³/mol. The van der Waals surface area contributed by atoms with Crippen molar-refractivity contribution in [3.8, 4) is 5.75 Å². The molecule has 110 valence electrons. The minimum atomic E-state index is -4.85. The minimum absolute atomic E-state index is 0.0471. The van der Waals surface area contributed by atoms with Crippen molar-refractivity contribution >= 4 is 5.91 Å². The summed E-state index contributed by atoms with van der Waals surface area (Å²) in [4.78, 5) is 12.4. The summed E-state index contributed by atoms with van der Waals surface area (Å²) in [5.41, 5.74) is 0.648. The quantitative estimate of drug-likeness (QED) is 0.795. The van der Waals surface area contributed by atoms with E-state index in [1.165, 1.54) is 7.11 Å². The number of methoxy groups -OCH3 is 1. The number of rotatable bonds is 1. The Hall–Kier alpha value is -1.72. The smallest absolute Gasteiger partial charge is 0.471 e. The summed E-state index contributed by atoms with van der Waals surface area (Å²) in [6.07, 6.45) is -4.46. The van der Waals surface area contributed by atoms with Crippen LogP contribution in [0.1, 0.15) is 25.0 Å². The Morgan fingerprint density at radius 2 is 2.00 bits per heavy atom. The average Bonchev–Trinajstić information content (AvgIpc) is 2.36. The number of hydrogen-bond donors (Lipinski definition) is 0. The van der Waals surface area contributed by atoms with Gasteiger partial charge < -0.3 is 9.64 Å². The van der Waals surface area contributed by atoms with Gasteiger partial charge in [0.2, 0.25) is 0 Å². The highest BCUT2D eigenvalue weighted by Crippen LogP contribution is 2.38. The Labute approximate surface area is 115 Å². The van der Waals surface area contributed by atoms with Gasteiger partial charge in [0.25, 0.3) is 0 Å². The number of carbonyl (C=O) groups excluding carboxylic acids is 1. The molecule has 0 spiro atoms. The molecule has 1 aromatic carbocycles. The fourth-order valence-corrected chi connectivity index (χ4v) is 2.67. The lowest BCUT2D eigenvalue weighted by molar-refractivity contribution is -0.191. The summed E-state index contributed by atoms with van der Waals surface area (Å²) in [5, 5.41) is 0. The third kappa shape index (κ3) is 2.34. The molecule has 1 amide bonds. The first-order valence-electron chi connectivity index (χ1n) is 6.24. The fourth-order valence-electron chi connectivity index (χ4n) is 2.67. The average molecular weight is 287 g/mol. The molecule has 0 radical (unpaired) electrons. The number of halogens is 3. The number of amides is 1. The third-order valence-electron chi connectivity index (χ3n) is 3.74. The number of fused-ring (bicyclic) bond motifs is 1. The zero-order valence-corrected chi connectivity index (χ0v) is 11.5. The topological polar surface area (TPSA) is 29.5 Å². The number of alkyl halides is 3. The van der Waals surface area contributed by atoms with Crippen LogP contribution in [0, 0.1) is 0 Å². The van der Waals surface area contributed by atoms with Crippen LogP contribution in [0.4, 0.5) is 13.2 Å². The molecule has 1 aliphatic rings. The van der Waals surface area contributed by atoms with Gasteiger partial charge in [-0.05, 0) is 43.5 Å². The number of nitrogens with zero attached hydrogens (tertiary/aromatic N) is 1. The SMILES string of the molecule is COc1ccc2c(c1)CCN(C(=O)C(F)(F)F)C2(C)C. The molecule has 1 aliphatic heterocycles. The van der Waals surface area contributed by atoms with E-state index in [1.54, 1.807) is 26.0 Å². The molecule has 0 aromatic heterocycles. The van der Waals surface area contributed by atoms with E-state index in [-0.39, 0.29) is 6.54 Å². The van der Waals surface area contributed by atoms with E-state index < -0.39 is 17.6 Å². The maximum Gasteiger partial charge on any atom is 0.471 e. The monoisotopic (exact) mass is 287 g/mol. The number of hydrogen-bond acceptors (Lipinski definition) is 2. The largest absolute Gasteiger partial charge is 0.497 e. The van der Waals surface area contributed by atoms with E-state index in [1.807, 2.05) is 6.07 Å². The van der Waals surface area contributed by atoms with Crippen LogP contribution < -0.4 is 4.74 Å². The number of benzene rings is 1. The van der Waals surface area contributed by atoms with Gasteiger partial charge in [0, 0.05) is 6.54 Å². The van der Waals surface area contributed by atoms with Crippen LogP contribution in [-0.2, 0) is 16.8 Å². The van der Waals surface area contributed by atoms with Gasteiger partial charge in [0.05, 0.1) is 12.6 Å². The Balaban J connectivity index is 2.42. The van der Waals surface area contributed by atoms with Crippen molar-refractivity contribution in [2.75, 3.05) is 13.7 Å². The summed E-state index contributed by atoms with van der Waals surface area (Å²) in [5.74, 6) is -1.13. The van der Waals surface area contributed by atoms with Crippen LogP contribution in [0.25, 0.3) is 0 Å². The van der Waals surface area contributed by atoms with Crippen molar-refractivity contribution in [3.05, 3.63) is 29.3 Å². The molecular weight excluding hydrogens is 271 g/mol. The normalized spacial score (nSPS) is 17.6. The van der Waals surface area contributed by atoms with Crippen LogP contribution in [0.2, 0.25) is 0 Å². The van der Waals surface area contributed by atoms with Gasteiger partial charge in [0.1, 0.15) is 5.75 Å². The first-order chi connectivity index (χ1) is 9.17. The summed E-state index contributed by atoms with van der Waals surface area (Å²) in [6.45, 7) is 3.30. The van der Waals surface area contributed by atoms with Gasteiger partial charge in [-0.1, -0.05) is 6.07 Å². The maximum atomic E-state index is 12.7. The summed E-state index contributed by atoms with van der Waals surface area (Å²) < 4.78 is 43.1. The van der Waals surface area contributed by atoms with Crippen molar-refractivity contribution in [3.63, 3.8) is 0 Å². The van der Waals surface area contributed by atoms with Crippen LogP contribution >= 0.6 is 0 Å². The number of carbonyl (C=O) groups is 1. The van der Waals surface area contributed by atoms with E-state index in [0.29, 0.717) is 12.2 Å². The zero-order chi connectivity index (χ0) is 15.1. The van der Waals surface area contributed by atoms with Gasteiger partial charge in [-0.25, -0.2) is 0 Å². The Morgan fingerprint density at radius 1 is 1.35 bits per heavy atom. The molecule has 0 fully saturated rings. The van der Waals surface area contributed by atoms with Crippen LogP contribution in [-0.4, -0.2) is 30.6 Å². The first kappa shape index (κ1) is 14.7. The van der Waals surface area contributed by atoms with Crippen LogP contribution in [0.3, 0.4) is 0 Å². The van der Waals surface area contributed by atoms with Crippen molar-refractivity contribution in [1.29, 1.82) is 0 Å². The molecule has 20 heavy (non-hydrogen) atoms. The molecule has 0 unspecified atom stereocenters. The Morgan fingerprint density at radius 3 is 2.55 bits per heavy atom. The van der Waals surface area contributed by atoms with E-state index in [4.69, 9.17) is 4.74 Å². The second-order valence-electron chi connectivity index (χ2n) is 5.29. The van der Waals surface area contributed by atoms with Crippen molar-refractivity contribution < 1.29 is 22.7 Å². The lowest BCUT2D eigenvalue weighted by atomic mass is 9.83. The summed E-state index contributed by atoms with van der Waals surface area (Å²) >= 11 is 0. The molecule has 0 aliphatic carbocycles. The molecule has 0 atom stereocenters. The van der Waals surface area contributed by atoms with Gasteiger partial charge in [-0.3, -0.25) is 4.79 Å². The highest BCUT2D eigenvalue weighted by Gasteiger charge is 2.48. The molecule has 6 heteroatoms. The van der Waals surface area contributed by atoms with Gasteiger partial charge in [-0.15, -0.1) is 0 Å². The number of ether oxygens (including phenoxy) is 1. The van der Waals surface area contributed by atoms with E-state index in [9.17, 15) is 18.0 Å². The minimum Gasteiger partial charge on any atom is -0.497 e. The molecule has 1 heterocycles. The third-order valence-corrected chi connectivity index (χ3v) is 3.74.